The van der Waals surface area contributed by atoms with Gasteiger partial charge in [-0.2, -0.15) is 0 Å². The lowest BCUT2D eigenvalue weighted by atomic mass is 10.2. The van der Waals surface area contributed by atoms with Gasteiger partial charge in [0.25, 0.3) is 0 Å². The van der Waals surface area contributed by atoms with Crippen LogP contribution >= 0.6 is 0 Å². The minimum Gasteiger partial charge on any atom is -0.295 e. The van der Waals surface area contributed by atoms with E-state index in [-0.39, 0.29) is 11.0 Å². The molecule has 5 heteroatoms. The number of nitrogens with zero attached hydrogens (tertiary/aromatic N) is 2. The summed E-state index contributed by atoms with van der Waals surface area (Å²) in [5, 5.41) is 0.850. The minimum atomic E-state index is -2.88. The van der Waals surface area contributed by atoms with E-state index in [4.69, 9.17) is 0 Å². The average molecular weight is 290 g/mol. The summed E-state index contributed by atoms with van der Waals surface area (Å²) in [4.78, 5) is 6.81. The highest BCUT2D eigenvalue weighted by atomic mass is 32.2. The maximum atomic E-state index is 11.7. The molecule has 0 spiro atoms. The zero-order valence-corrected chi connectivity index (χ0v) is 12.3. The van der Waals surface area contributed by atoms with Gasteiger partial charge in [-0.1, -0.05) is 24.3 Å². The minimum absolute atomic E-state index is 0.252. The van der Waals surface area contributed by atoms with Gasteiger partial charge in [-0.3, -0.25) is 9.88 Å². The molecule has 1 aromatic carbocycles. The second kappa shape index (κ2) is 5.14. The molecular weight excluding hydrogens is 272 g/mol. The summed E-state index contributed by atoms with van der Waals surface area (Å²) in [6.45, 7) is 3.69. The second-order valence-electron chi connectivity index (χ2n) is 5.41. The van der Waals surface area contributed by atoms with E-state index >= 15 is 0 Å². The third-order valence-corrected chi connectivity index (χ3v) is 5.99. The van der Waals surface area contributed by atoms with Gasteiger partial charge in [-0.25, -0.2) is 8.42 Å². The molecule has 1 unspecified atom stereocenters. The number of para-hydroxylation sites is 1. The summed E-state index contributed by atoms with van der Waals surface area (Å²) in [6, 6.07) is 12.1. The van der Waals surface area contributed by atoms with Crippen LogP contribution in [-0.4, -0.2) is 42.4 Å². The number of rotatable bonds is 2. The fraction of sp³-hybridized carbons (Fsp3) is 0.400. The van der Waals surface area contributed by atoms with Gasteiger partial charge >= 0.3 is 0 Å². The van der Waals surface area contributed by atoms with Crippen molar-refractivity contribution in [1.29, 1.82) is 0 Å². The van der Waals surface area contributed by atoms with Gasteiger partial charge in [0.15, 0.2) is 9.84 Å². The largest absolute Gasteiger partial charge is 0.295 e. The predicted molar refractivity (Wildman–Crippen MR) is 80.3 cm³/mol. The molecule has 0 amide bonds. The highest BCUT2D eigenvalue weighted by molar-refractivity contribution is 7.92. The molecule has 0 N–H and O–H groups in total. The molecule has 1 aliphatic heterocycles. The zero-order chi connectivity index (χ0) is 14.2. The Bertz CT molecular complexity index is 727. The lowest BCUT2D eigenvalue weighted by Crippen LogP contribution is -2.45. The van der Waals surface area contributed by atoms with Crippen LogP contribution < -0.4 is 0 Å². The Morgan fingerprint density at radius 2 is 2.05 bits per heavy atom. The van der Waals surface area contributed by atoms with E-state index in [2.05, 4.69) is 16.0 Å². The number of benzene rings is 1. The molecule has 2 aromatic rings. The summed E-state index contributed by atoms with van der Waals surface area (Å²) in [7, 11) is -2.88. The quantitative estimate of drug-likeness (QED) is 0.847. The van der Waals surface area contributed by atoms with Gasteiger partial charge in [-0.15, -0.1) is 0 Å². The molecule has 1 atom stereocenters. The van der Waals surface area contributed by atoms with Crippen molar-refractivity contribution in [3.63, 3.8) is 0 Å². The highest BCUT2D eigenvalue weighted by Crippen LogP contribution is 2.16. The van der Waals surface area contributed by atoms with E-state index in [9.17, 15) is 8.42 Å². The molecule has 1 fully saturated rings. The molecule has 20 heavy (non-hydrogen) atoms. The topological polar surface area (TPSA) is 50.3 Å². The van der Waals surface area contributed by atoms with E-state index in [1.54, 1.807) is 6.92 Å². The van der Waals surface area contributed by atoms with Gasteiger partial charge in [0, 0.05) is 25.0 Å². The van der Waals surface area contributed by atoms with Gasteiger partial charge < -0.3 is 0 Å². The first-order valence-corrected chi connectivity index (χ1v) is 8.55. The number of aromatic nitrogens is 1. The van der Waals surface area contributed by atoms with E-state index in [0.29, 0.717) is 19.6 Å². The van der Waals surface area contributed by atoms with Crippen LogP contribution in [0.2, 0.25) is 0 Å². The summed E-state index contributed by atoms with van der Waals surface area (Å²) in [6.07, 6.45) is 0. The summed E-state index contributed by atoms with van der Waals surface area (Å²) < 4.78 is 23.4. The number of hydrogen-bond acceptors (Lipinski definition) is 4. The van der Waals surface area contributed by atoms with Crippen LogP contribution in [0, 0.1) is 0 Å². The Morgan fingerprint density at radius 3 is 2.85 bits per heavy atom. The summed E-state index contributed by atoms with van der Waals surface area (Å²) >= 11 is 0. The van der Waals surface area contributed by atoms with E-state index in [1.807, 2.05) is 30.3 Å². The average Bonchev–Trinajstić information content (AvgIpc) is 2.43. The summed E-state index contributed by atoms with van der Waals surface area (Å²) in [5.41, 5.74) is 1.98. The van der Waals surface area contributed by atoms with Crippen molar-refractivity contribution in [2.45, 2.75) is 18.7 Å². The molecule has 0 radical (unpaired) electrons. The van der Waals surface area contributed by atoms with Crippen molar-refractivity contribution in [1.82, 2.24) is 9.88 Å². The normalized spacial score (nSPS) is 22.9. The van der Waals surface area contributed by atoms with E-state index in [0.717, 1.165) is 16.6 Å². The fourth-order valence-electron chi connectivity index (χ4n) is 2.59. The first kappa shape index (κ1) is 13.5. The van der Waals surface area contributed by atoms with Crippen molar-refractivity contribution >= 4 is 20.7 Å². The number of fused-ring (bicyclic) bond motifs is 1. The Kier molecular flexibility index (Phi) is 3.48. The van der Waals surface area contributed by atoms with Gasteiger partial charge in [0.05, 0.1) is 22.2 Å². The third-order valence-electron chi connectivity index (χ3n) is 3.86. The van der Waals surface area contributed by atoms with Gasteiger partial charge in [0.1, 0.15) is 0 Å². The smallest absolute Gasteiger partial charge is 0.155 e. The Morgan fingerprint density at radius 1 is 1.25 bits per heavy atom. The molecular formula is C15H18N2O2S. The van der Waals surface area contributed by atoms with E-state index < -0.39 is 9.84 Å². The maximum absolute atomic E-state index is 11.7. The van der Waals surface area contributed by atoms with Crippen LogP contribution in [0.5, 0.6) is 0 Å². The number of pyridine rings is 1. The Hall–Kier alpha value is -1.46. The number of sulfone groups is 1. The first-order valence-electron chi connectivity index (χ1n) is 6.83. The zero-order valence-electron chi connectivity index (χ0n) is 11.5. The van der Waals surface area contributed by atoms with Crippen molar-refractivity contribution in [2.75, 3.05) is 18.8 Å². The molecule has 4 nitrogen and oxygen atoms in total. The monoisotopic (exact) mass is 290 g/mol. The SMILES string of the molecule is CC1CN(Cc2ccc3ccccc3n2)CCS1(=O)=O. The lowest BCUT2D eigenvalue weighted by Gasteiger charge is -2.30. The van der Waals surface area contributed by atoms with Crippen molar-refractivity contribution in [3.05, 3.63) is 42.1 Å². The predicted octanol–water partition coefficient (Wildman–Crippen LogP) is 1.85. The Balaban J connectivity index is 1.77. The first-order chi connectivity index (χ1) is 9.54. The Labute approximate surface area is 119 Å². The molecule has 106 valence electrons. The lowest BCUT2D eigenvalue weighted by molar-refractivity contribution is 0.267. The van der Waals surface area contributed by atoms with Crippen LogP contribution in [0.25, 0.3) is 10.9 Å². The van der Waals surface area contributed by atoms with Crippen molar-refractivity contribution in [2.24, 2.45) is 0 Å². The van der Waals surface area contributed by atoms with E-state index in [1.165, 1.54) is 0 Å². The van der Waals surface area contributed by atoms with Crippen LogP contribution in [0.3, 0.4) is 0 Å². The van der Waals surface area contributed by atoms with Gasteiger partial charge in [0.2, 0.25) is 0 Å². The second-order valence-corrected chi connectivity index (χ2v) is 7.95. The summed E-state index contributed by atoms with van der Waals surface area (Å²) in [5.74, 6) is 0.252. The standard InChI is InChI=1S/C15H18N2O2S/c1-12-10-17(8-9-20(12,18)19)11-14-7-6-13-4-2-3-5-15(13)16-14/h2-7,12H,8-11H2,1H3. The molecule has 3 rings (SSSR count). The van der Waals surface area contributed by atoms with Crippen LogP contribution in [0.4, 0.5) is 0 Å². The van der Waals surface area contributed by atoms with Crippen molar-refractivity contribution < 1.29 is 8.42 Å². The maximum Gasteiger partial charge on any atom is 0.155 e. The molecule has 1 aliphatic rings. The van der Waals surface area contributed by atoms with Crippen LogP contribution in [0.1, 0.15) is 12.6 Å². The van der Waals surface area contributed by atoms with Gasteiger partial charge in [-0.05, 0) is 19.1 Å². The van der Waals surface area contributed by atoms with Crippen LogP contribution in [-0.2, 0) is 16.4 Å². The molecule has 0 aliphatic carbocycles. The van der Waals surface area contributed by atoms with Crippen LogP contribution in [0.15, 0.2) is 36.4 Å². The molecule has 1 aromatic heterocycles. The fourth-order valence-corrected chi connectivity index (χ4v) is 3.95. The highest BCUT2D eigenvalue weighted by Gasteiger charge is 2.29. The number of hydrogen-bond donors (Lipinski definition) is 0. The van der Waals surface area contributed by atoms with Crippen molar-refractivity contribution in [3.8, 4) is 0 Å². The molecule has 2 heterocycles. The molecule has 0 saturated carbocycles. The molecule has 1 saturated heterocycles. The molecule has 0 bridgehead atoms. The third kappa shape index (κ3) is 2.69.